The van der Waals surface area contributed by atoms with Crippen LogP contribution in [0, 0.1) is 6.92 Å². The Morgan fingerprint density at radius 2 is 1.64 bits per heavy atom. The number of rotatable bonds is 12. The van der Waals surface area contributed by atoms with Crippen molar-refractivity contribution in [2.75, 3.05) is 20.7 Å². The predicted molar refractivity (Wildman–Crippen MR) is 141 cm³/mol. The summed E-state index contributed by atoms with van der Waals surface area (Å²) in [5, 5.41) is 9.21. The Balaban J connectivity index is 1.66. The minimum absolute atomic E-state index is 0.237. The van der Waals surface area contributed by atoms with Crippen LogP contribution < -0.4 is 9.47 Å². The van der Waals surface area contributed by atoms with Gasteiger partial charge in [-0.25, -0.2) is 0 Å². The minimum Gasteiger partial charge on any atom is -0.493 e. The van der Waals surface area contributed by atoms with E-state index in [0.29, 0.717) is 24.5 Å². The number of hydrogen-bond donors (Lipinski definition) is 1. The molecule has 6 nitrogen and oxygen atoms in total. The molecule has 0 aliphatic heterocycles. The molecule has 1 N–H and O–H groups in total. The Morgan fingerprint density at radius 1 is 0.944 bits per heavy atom. The zero-order valence-corrected chi connectivity index (χ0v) is 21.5. The second-order valence-electron chi connectivity index (χ2n) is 9.14. The summed E-state index contributed by atoms with van der Waals surface area (Å²) >= 11 is 0. The van der Waals surface area contributed by atoms with Gasteiger partial charge in [-0.05, 0) is 54.3 Å². The molecule has 190 valence electrons. The molecule has 0 fully saturated rings. The van der Waals surface area contributed by atoms with E-state index in [1.54, 1.807) is 38.4 Å². The standard InChI is InChI=1S/C30H35NO5/c1-5-6-17-35-28-16-7-21(2)18-26(28)23-10-8-22(9-11-23)20-36-25-14-12-24(13-15-25)27(19-29(32)33)30(34)31(3)4/h7-16,18,27H,5-6,17,19-20H2,1-4H3,(H,32,33). The van der Waals surface area contributed by atoms with Gasteiger partial charge in [-0.3, -0.25) is 9.59 Å². The summed E-state index contributed by atoms with van der Waals surface area (Å²) in [5.41, 5.74) is 5.03. The first-order valence-corrected chi connectivity index (χ1v) is 12.3. The predicted octanol–water partition coefficient (Wildman–Crippen LogP) is 6.07. The first-order valence-electron chi connectivity index (χ1n) is 12.3. The number of likely N-dealkylation sites (N-methyl/N-ethyl adjacent to an activating group) is 1. The Labute approximate surface area is 213 Å². The third-order valence-corrected chi connectivity index (χ3v) is 5.96. The van der Waals surface area contributed by atoms with Crippen LogP contribution in [-0.4, -0.2) is 42.6 Å². The normalized spacial score (nSPS) is 11.6. The van der Waals surface area contributed by atoms with Gasteiger partial charge < -0.3 is 19.5 Å². The molecule has 36 heavy (non-hydrogen) atoms. The molecule has 3 aromatic rings. The second kappa shape index (κ2) is 12.8. The fourth-order valence-corrected chi connectivity index (χ4v) is 3.90. The van der Waals surface area contributed by atoms with Gasteiger partial charge in [-0.15, -0.1) is 0 Å². The van der Waals surface area contributed by atoms with E-state index in [4.69, 9.17) is 9.47 Å². The van der Waals surface area contributed by atoms with E-state index in [0.717, 1.165) is 35.3 Å². The molecule has 0 heterocycles. The molecule has 0 radical (unpaired) electrons. The summed E-state index contributed by atoms with van der Waals surface area (Å²) in [7, 11) is 3.25. The summed E-state index contributed by atoms with van der Waals surface area (Å²) in [4.78, 5) is 25.1. The smallest absolute Gasteiger partial charge is 0.304 e. The van der Waals surface area contributed by atoms with Gasteiger partial charge >= 0.3 is 5.97 Å². The first kappa shape index (κ1) is 26.8. The number of ether oxygens (including phenoxy) is 2. The maximum Gasteiger partial charge on any atom is 0.304 e. The van der Waals surface area contributed by atoms with Crippen LogP contribution in [0.25, 0.3) is 11.1 Å². The van der Waals surface area contributed by atoms with Crippen LogP contribution >= 0.6 is 0 Å². The zero-order valence-electron chi connectivity index (χ0n) is 21.5. The lowest BCUT2D eigenvalue weighted by molar-refractivity contribution is -0.141. The quantitative estimate of drug-likeness (QED) is 0.313. The lowest BCUT2D eigenvalue weighted by Crippen LogP contribution is -2.29. The third kappa shape index (κ3) is 7.35. The lowest BCUT2D eigenvalue weighted by atomic mass is 9.94. The molecular formula is C30H35NO5. The zero-order chi connectivity index (χ0) is 26.1. The number of carboxylic acids is 1. The van der Waals surface area contributed by atoms with Crippen molar-refractivity contribution in [3.63, 3.8) is 0 Å². The molecule has 0 aliphatic rings. The van der Waals surface area contributed by atoms with Gasteiger partial charge in [0.2, 0.25) is 5.91 Å². The van der Waals surface area contributed by atoms with Gasteiger partial charge in [0.1, 0.15) is 18.1 Å². The molecule has 0 aromatic heterocycles. The topological polar surface area (TPSA) is 76.1 Å². The number of carboxylic acid groups (broad SMARTS) is 1. The summed E-state index contributed by atoms with van der Waals surface area (Å²) in [5.74, 6) is -0.425. The number of hydrogen-bond acceptors (Lipinski definition) is 4. The highest BCUT2D eigenvalue weighted by Gasteiger charge is 2.25. The van der Waals surface area contributed by atoms with Crippen LogP contribution in [-0.2, 0) is 16.2 Å². The van der Waals surface area contributed by atoms with Crippen molar-refractivity contribution in [3.05, 3.63) is 83.4 Å². The van der Waals surface area contributed by atoms with Crippen molar-refractivity contribution in [3.8, 4) is 22.6 Å². The second-order valence-corrected chi connectivity index (χ2v) is 9.14. The number of carbonyl (C=O) groups excluding carboxylic acids is 1. The number of benzene rings is 3. The van der Waals surface area contributed by atoms with E-state index in [2.05, 4.69) is 38.1 Å². The molecule has 1 unspecified atom stereocenters. The van der Waals surface area contributed by atoms with E-state index < -0.39 is 11.9 Å². The van der Waals surface area contributed by atoms with Crippen LogP contribution in [0.5, 0.6) is 11.5 Å². The van der Waals surface area contributed by atoms with Crippen molar-refractivity contribution in [1.29, 1.82) is 0 Å². The summed E-state index contributed by atoms with van der Waals surface area (Å²) in [6.07, 6.45) is 1.86. The van der Waals surface area contributed by atoms with E-state index in [1.807, 2.05) is 18.2 Å². The average Bonchev–Trinajstić information content (AvgIpc) is 2.87. The first-order chi connectivity index (χ1) is 17.3. The number of nitrogens with zero attached hydrogens (tertiary/aromatic N) is 1. The fraction of sp³-hybridized carbons (Fsp3) is 0.333. The molecular weight excluding hydrogens is 454 g/mol. The van der Waals surface area contributed by atoms with Crippen LogP contribution in [0.3, 0.4) is 0 Å². The van der Waals surface area contributed by atoms with E-state index >= 15 is 0 Å². The molecule has 1 atom stereocenters. The van der Waals surface area contributed by atoms with Crippen molar-refractivity contribution in [2.24, 2.45) is 0 Å². The number of aliphatic carboxylic acids is 1. The SMILES string of the molecule is CCCCOc1ccc(C)cc1-c1ccc(COc2ccc(C(CC(=O)O)C(=O)N(C)C)cc2)cc1. The molecule has 0 saturated carbocycles. The number of aryl methyl sites for hydroxylation is 1. The van der Waals surface area contributed by atoms with Gasteiger partial charge in [0.05, 0.1) is 18.9 Å². The highest BCUT2D eigenvalue weighted by atomic mass is 16.5. The minimum atomic E-state index is -1.01. The van der Waals surface area contributed by atoms with Crippen molar-refractivity contribution >= 4 is 11.9 Å². The van der Waals surface area contributed by atoms with Crippen molar-refractivity contribution < 1.29 is 24.2 Å². The molecule has 0 saturated heterocycles. The molecule has 0 bridgehead atoms. The highest BCUT2D eigenvalue weighted by Crippen LogP contribution is 2.32. The fourth-order valence-electron chi connectivity index (χ4n) is 3.90. The lowest BCUT2D eigenvalue weighted by Gasteiger charge is -2.19. The Hall–Kier alpha value is -3.80. The van der Waals surface area contributed by atoms with Crippen LogP contribution in [0.1, 0.15) is 48.8 Å². The monoisotopic (exact) mass is 489 g/mol. The molecule has 1 amide bonds. The third-order valence-electron chi connectivity index (χ3n) is 5.96. The van der Waals surface area contributed by atoms with Crippen molar-refractivity contribution in [1.82, 2.24) is 4.90 Å². The van der Waals surface area contributed by atoms with Gasteiger partial charge in [-0.2, -0.15) is 0 Å². The Kier molecular flexibility index (Phi) is 9.51. The van der Waals surface area contributed by atoms with E-state index in [9.17, 15) is 14.7 Å². The highest BCUT2D eigenvalue weighted by molar-refractivity contribution is 5.87. The summed E-state index contributed by atoms with van der Waals surface area (Å²) < 4.78 is 12.0. The van der Waals surface area contributed by atoms with Gasteiger partial charge in [0, 0.05) is 19.7 Å². The van der Waals surface area contributed by atoms with Gasteiger partial charge in [0.25, 0.3) is 0 Å². The molecule has 3 rings (SSSR count). The summed E-state index contributed by atoms with van der Waals surface area (Å²) in [6.45, 7) is 5.32. The van der Waals surface area contributed by atoms with Gasteiger partial charge in [-0.1, -0.05) is 61.4 Å². The Morgan fingerprint density at radius 3 is 2.25 bits per heavy atom. The van der Waals surface area contributed by atoms with Crippen LogP contribution in [0.4, 0.5) is 0 Å². The maximum atomic E-state index is 12.4. The average molecular weight is 490 g/mol. The van der Waals surface area contributed by atoms with Crippen LogP contribution in [0.15, 0.2) is 66.7 Å². The van der Waals surface area contributed by atoms with E-state index in [-0.39, 0.29) is 12.3 Å². The summed E-state index contributed by atoms with van der Waals surface area (Å²) in [6, 6.07) is 21.5. The maximum absolute atomic E-state index is 12.4. The van der Waals surface area contributed by atoms with Gasteiger partial charge in [0.15, 0.2) is 0 Å². The number of carbonyl (C=O) groups is 2. The largest absolute Gasteiger partial charge is 0.493 e. The van der Waals surface area contributed by atoms with E-state index in [1.165, 1.54) is 10.5 Å². The molecule has 0 aliphatic carbocycles. The number of unbranched alkanes of at least 4 members (excludes halogenated alkanes) is 1. The van der Waals surface area contributed by atoms with Crippen LogP contribution in [0.2, 0.25) is 0 Å². The molecule has 0 spiro atoms. The Bertz CT molecular complexity index is 1150. The molecule has 3 aromatic carbocycles. The van der Waals surface area contributed by atoms with Crippen molar-refractivity contribution in [2.45, 2.75) is 45.6 Å². The number of amides is 1. The molecule has 6 heteroatoms.